The number of benzene rings is 1. The lowest BCUT2D eigenvalue weighted by Gasteiger charge is -2.09. The van der Waals surface area contributed by atoms with Crippen LogP contribution in [0, 0.1) is 0 Å². The van der Waals surface area contributed by atoms with E-state index in [2.05, 4.69) is 14.9 Å². The number of aromatic nitrogens is 2. The Kier molecular flexibility index (Phi) is 3.31. The first-order chi connectivity index (χ1) is 10.3. The number of halogens is 1. The zero-order valence-electron chi connectivity index (χ0n) is 11.3. The van der Waals surface area contributed by atoms with Crippen molar-refractivity contribution in [3.63, 3.8) is 0 Å². The molecule has 4 rings (SSSR count). The maximum atomic E-state index is 6.00. The molecule has 0 unspecified atom stereocenters. The molecule has 6 heteroatoms. The first-order valence-corrected chi connectivity index (χ1v) is 8.17. The average Bonchev–Trinajstić information content (AvgIpc) is 3.08. The lowest BCUT2D eigenvalue weighted by atomic mass is 9.98. The molecule has 0 fully saturated rings. The highest BCUT2D eigenvalue weighted by atomic mass is 35.5. The Morgan fingerprint density at radius 2 is 2.19 bits per heavy atom. The molecule has 0 aliphatic heterocycles. The lowest BCUT2D eigenvalue weighted by Crippen LogP contribution is -2.01. The average molecular weight is 320 g/mol. The molecule has 0 spiro atoms. The van der Waals surface area contributed by atoms with E-state index < -0.39 is 0 Å². The predicted molar refractivity (Wildman–Crippen MR) is 85.9 cm³/mol. The first-order valence-electron chi connectivity index (χ1n) is 6.98. The van der Waals surface area contributed by atoms with Gasteiger partial charge in [0, 0.05) is 34.1 Å². The van der Waals surface area contributed by atoms with Gasteiger partial charge in [0.15, 0.2) is 5.82 Å². The number of hydrogen-bond donors (Lipinski definition) is 2. The number of nitrogens with zero attached hydrogens (tertiary/aromatic N) is 1. The molecule has 21 heavy (non-hydrogen) atoms. The second-order valence-corrected chi connectivity index (χ2v) is 6.47. The molecule has 2 aromatic heterocycles. The number of aromatic amines is 1. The van der Waals surface area contributed by atoms with Crippen LogP contribution in [-0.4, -0.2) is 10.1 Å². The number of rotatable bonds is 3. The van der Waals surface area contributed by atoms with Crippen molar-refractivity contribution in [2.75, 3.05) is 4.72 Å². The molecule has 0 atom stereocenters. The Labute approximate surface area is 131 Å². The topological polar surface area (TPSA) is 53.9 Å². The highest BCUT2D eigenvalue weighted by Crippen LogP contribution is 2.33. The van der Waals surface area contributed by atoms with Gasteiger partial charge in [-0.3, -0.25) is 0 Å². The van der Waals surface area contributed by atoms with Crippen LogP contribution in [0.3, 0.4) is 0 Å². The molecular weight excluding hydrogens is 306 g/mol. The number of anilines is 1. The van der Waals surface area contributed by atoms with Gasteiger partial charge < -0.3 is 14.2 Å². The van der Waals surface area contributed by atoms with Crippen molar-refractivity contribution in [2.45, 2.75) is 30.6 Å². The standard InChI is InChI=1S/C15H14ClN3OS/c16-9-5-6-10-12(7-9)17-8-14(10)21-19-15-11-3-1-2-4-13(11)20-18-15/h5-8,17H,1-4H2,(H,18,19). The number of hydrogen-bond acceptors (Lipinski definition) is 4. The third kappa shape index (κ3) is 2.40. The number of aryl methyl sites for hydroxylation is 1. The van der Waals surface area contributed by atoms with E-state index in [0.29, 0.717) is 0 Å². The minimum absolute atomic E-state index is 0.736. The highest BCUT2D eigenvalue weighted by Gasteiger charge is 2.19. The van der Waals surface area contributed by atoms with E-state index in [0.717, 1.165) is 45.2 Å². The Hall–Kier alpha value is -1.59. The smallest absolute Gasteiger partial charge is 0.182 e. The summed E-state index contributed by atoms with van der Waals surface area (Å²) in [4.78, 5) is 4.35. The summed E-state index contributed by atoms with van der Waals surface area (Å²) in [6.07, 6.45) is 6.42. The van der Waals surface area contributed by atoms with Gasteiger partial charge >= 0.3 is 0 Å². The molecule has 0 saturated heterocycles. The van der Waals surface area contributed by atoms with Crippen molar-refractivity contribution in [3.05, 3.63) is 40.7 Å². The Balaban J connectivity index is 1.57. The summed E-state index contributed by atoms with van der Waals surface area (Å²) in [7, 11) is 0. The molecule has 0 bridgehead atoms. The molecule has 3 aromatic rings. The van der Waals surface area contributed by atoms with Crippen LogP contribution in [0.1, 0.15) is 24.2 Å². The predicted octanol–water partition coefficient (Wildman–Crippen LogP) is 4.81. The van der Waals surface area contributed by atoms with E-state index in [1.807, 2.05) is 24.4 Å². The molecule has 1 aliphatic carbocycles. The molecular formula is C15H14ClN3OS. The van der Waals surface area contributed by atoms with Gasteiger partial charge in [0.1, 0.15) is 5.76 Å². The molecule has 1 aromatic carbocycles. The molecule has 1 aliphatic rings. The Morgan fingerprint density at radius 3 is 3.14 bits per heavy atom. The van der Waals surface area contributed by atoms with Crippen molar-refractivity contribution in [1.82, 2.24) is 10.1 Å². The largest absolute Gasteiger partial charge is 0.360 e. The highest BCUT2D eigenvalue weighted by molar-refractivity contribution is 8.00. The summed E-state index contributed by atoms with van der Waals surface area (Å²) in [6.45, 7) is 0. The third-order valence-electron chi connectivity index (χ3n) is 3.81. The van der Waals surface area contributed by atoms with Crippen molar-refractivity contribution in [2.24, 2.45) is 0 Å². The summed E-state index contributed by atoms with van der Waals surface area (Å²) >= 11 is 7.55. The fraction of sp³-hybridized carbons (Fsp3) is 0.267. The van der Waals surface area contributed by atoms with Crippen LogP contribution in [0.4, 0.5) is 5.82 Å². The molecule has 2 N–H and O–H groups in total. The monoisotopic (exact) mass is 319 g/mol. The molecule has 0 saturated carbocycles. The van der Waals surface area contributed by atoms with Gasteiger partial charge in [-0.2, -0.15) is 0 Å². The third-order valence-corrected chi connectivity index (χ3v) is 4.90. The van der Waals surface area contributed by atoms with Crippen molar-refractivity contribution in [3.8, 4) is 0 Å². The molecule has 108 valence electrons. The van der Waals surface area contributed by atoms with Gasteiger partial charge in [0.25, 0.3) is 0 Å². The summed E-state index contributed by atoms with van der Waals surface area (Å²) in [6, 6.07) is 5.86. The normalized spacial score (nSPS) is 14.3. The molecule has 2 heterocycles. The first kappa shape index (κ1) is 13.1. The summed E-state index contributed by atoms with van der Waals surface area (Å²) in [5.41, 5.74) is 2.27. The molecule has 4 nitrogen and oxygen atoms in total. The summed E-state index contributed by atoms with van der Waals surface area (Å²) in [5, 5.41) is 6.04. The quantitative estimate of drug-likeness (QED) is 0.680. The van der Waals surface area contributed by atoms with Crippen LogP contribution >= 0.6 is 23.5 Å². The Bertz CT molecular complexity index is 795. The van der Waals surface area contributed by atoms with Crippen LogP contribution in [0.25, 0.3) is 10.9 Å². The van der Waals surface area contributed by atoms with Gasteiger partial charge in [0.05, 0.1) is 4.90 Å². The van der Waals surface area contributed by atoms with E-state index >= 15 is 0 Å². The van der Waals surface area contributed by atoms with Crippen LogP contribution in [0.15, 0.2) is 33.8 Å². The van der Waals surface area contributed by atoms with Crippen LogP contribution < -0.4 is 4.72 Å². The number of fused-ring (bicyclic) bond motifs is 2. The van der Waals surface area contributed by atoms with E-state index in [1.165, 1.54) is 18.4 Å². The minimum atomic E-state index is 0.736. The van der Waals surface area contributed by atoms with Gasteiger partial charge in [-0.15, -0.1) is 0 Å². The van der Waals surface area contributed by atoms with E-state index in [1.54, 1.807) is 11.9 Å². The van der Waals surface area contributed by atoms with E-state index in [4.69, 9.17) is 16.1 Å². The summed E-state index contributed by atoms with van der Waals surface area (Å²) < 4.78 is 8.73. The fourth-order valence-electron chi connectivity index (χ4n) is 2.72. The lowest BCUT2D eigenvalue weighted by molar-refractivity contribution is 0.374. The van der Waals surface area contributed by atoms with Gasteiger partial charge in [-0.1, -0.05) is 22.8 Å². The maximum Gasteiger partial charge on any atom is 0.182 e. The Morgan fingerprint density at radius 1 is 1.29 bits per heavy atom. The summed E-state index contributed by atoms with van der Waals surface area (Å²) in [5.74, 6) is 1.90. The fourth-order valence-corrected chi connectivity index (χ4v) is 3.67. The van der Waals surface area contributed by atoms with Crippen molar-refractivity contribution in [1.29, 1.82) is 0 Å². The van der Waals surface area contributed by atoms with Crippen LogP contribution in [-0.2, 0) is 12.8 Å². The zero-order chi connectivity index (χ0) is 14.2. The number of H-pyrrole nitrogens is 1. The van der Waals surface area contributed by atoms with Crippen LogP contribution in [0.5, 0.6) is 0 Å². The minimum Gasteiger partial charge on any atom is -0.360 e. The number of nitrogens with one attached hydrogen (secondary N) is 2. The van der Waals surface area contributed by atoms with E-state index in [9.17, 15) is 0 Å². The maximum absolute atomic E-state index is 6.00. The van der Waals surface area contributed by atoms with E-state index in [-0.39, 0.29) is 0 Å². The molecule has 0 amide bonds. The second kappa shape index (κ2) is 5.31. The second-order valence-electron chi connectivity index (χ2n) is 5.19. The molecule has 0 radical (unpaired) electrons. The van der Waals surface area contributed by atoms with Gasteiger partial charge in [-0.05, 0) is 43.3 Å². The van der Waals surface area contributed by atoms with Crippen LogP contribution in [0.2, 0.25) is 5.02 Å². The SMILES string of the molecule is Clc1ccc2c(SNc3noc4c3CCCC4)c[nH]c2c1. The van der Waals surface area contributed by atoms with Gasteiger partial charge in [-0.25, -0.2) is 0 Å². The van der Waals surface area contributed by atoms with Crippen molar-refractivity contribution >= 4 is 40.3 Å². The zero-order valence-corrected chi connectivity index (χ0v) is 12.9. The van der Waals surface area contributed by atoms with Crippen molar-refractivity contribution < 1.29 is 4.52 Å². The van der Waals surface area contributed by atoms with Gasteiger partial charge in [0.2, 0.25) is 0 Å².